The van der Waals surface area contributed by atoms with E-state index in [2.05, 4.69) is 42.1 Å². The largest absolute Gasteiger partial charge is 0.347 e. The average molecular weight is 322 g/mol. The molecular weight excluding hydrogens is 300 g/mol. The third kappa shape index (κ3) is 1.86. The van der Waals surface area contributed by atoms with Crippen molar-refractivity contribution in [1.82, 2.24) is 15.3 Å². The molecule has 3 unspecified atom stereocenters. The van der Waals surface area contributed by atoms with Crippen molar-refractivity contribution in [2.45, 2.75) is 46.1 Å². The fourth-order valence-corrected chi connectivity index (χ4v) is 4.90. The second-order valence-electron chi connectivity index (χ2n) is 8.05. The van der Waals surface area contributed by atoms with Crippen molar-refractivity contribution in [1.29, 1.82) is 5.26 Å². The molecule has 4 rings (SSSR count). The molecule has 124 valence electrons. The Kier molecular flexibility index (Phi) is 3.05. The van der Waals surface area contributed by atoms with Crippen LogP contribution in [-0.4, -0.2) is 21.9 Å². The maximum atomic E-state index is 12.7. The van der Waals surface area contributed by atoms with Crippen LogP contribution in [0.5, 0.6) is 0 Å². The number of carbonyl (C=O) groups is 1. The van der Waals surface area contributed by atoms with E-state index in [1.54, 1.807) is 18.3 Å². The van der Waals surface area contributed by atoms with Crippen molar-refractivity contribution in [3.8, 4) is 6.07 Å². The fraction of sp³-hybridized carbons (Fsp3) is 0.526. The number of nitrogens with zero attached hydrogens (tertiary/aromatic N) is 2. The van der Waals surface area contributed by atoms with Crippen LogP contribution in [0, 0.1) is 28.1 Å². The van der Waals surface area contributed by atoms with Crippen LogP contribution in [0.2, 0.25) is 0 Å². The molecule has 2 aliphatic carbocycles. The van der Waals surface area contributed by atoms with Gasteiger partial charge in [0.15, 0.2) is 0 Å². The van der Waals surface area contributed by atoms with Crippen molar-refractivity contribution in [2.24, 2.45) is 16.7 Å². The zero-order chi connectivity index (χ0) is 17.1. The number of aromatic amines is 1. The molecule has 0 saturated heterocycles. The van der Waals surface area contributed by atoms with Gasteiger partial charge < -0.3 is 10.3 Å². The van der Waals surface area contributed by atoms with Gasteiger partial charge in [-0.25, -0.2) is 4.98 Å². The molecule has 2 bridgehead atoms. The summed E-state index contributed by atoms with van der Waals surface area (Å²) in [7, 11) is 0. The predicted octanol–water partition coefficient (Wildman–Crippen LogP) is 3.38. The van der Waals surface area contributed by atoms with Crippen molar-refractivity contribution < 1.29 is 4.79 Å². The van der Waals surface area contributed by atoms with Crippen molar-refractivity contribution >= 4 is 16.9 Å². The third-order valence-corrected chi connectivity index (χ3v) is 7.00. The molecule has 2 aromatic rings. The molecule has 0 aromatic carbocycles. The summed E-state index contributed by atoms with van der Waals surface area (Å²) in [6.45, 7) is 6.98. The number of carbonyl (C=O) groups excluding carboxylic acids is 1. The van der Waals surface area contributed by atoms with Gasteiger partial charge in [0, 0.05) is 17.6 Å². The topological polar surface area (TPSA) is 81.6 Å². The van der Waals surface area contributed by atoms with E-state index < -0.39 is 0 Å². The molecule has 2 fully saturated rings. The molecule has 5 nitrogen and oxygen atoms in total. The van der Waals surface area contributed by atoms with Gasteiger partial charge in [0.25, 0.3) is 5.91 Å². The van der Waals surface area contributed by atoms with Crippen LogP contribution < -0.4 is 5.32 Å². The van der Waals surface area contributed by atoms with Gasteiger partial charge in [-0.2, -0.15) is 5.26 Å². The first-order valence-corrected chi connectivity index (χ1v) is 8.55. The molecule has 3 atom stereocenters. The molecule has 0 spiro atoms. The van der Waals surface area contributed by atoms with Crippen LogP contribution >= 0.6 is 0 Å². The predicted molar refractivity (Wildman–Crippen MR) is 91.3 cm³/mol. The lowest BCUT2D eigenvalue weighted by molar-refractivity contribution is 0.0822. The number of rotatable bonds is 2. The summed E-state index contributed by atoms with van der Waals surface area (Å²) in [5.74, 6) is 0.578. The highest BCUT2D eigenvalue weighted by Crippen LogP contribution is 2.65. The van der Waals surface area contributed by atoms with Crippen LogP contribution in [0.1, 0.15) is 56.1 Å². The van der Waals surface area contributed by atoms with E-state index >= 15 is 0 Å². The molecule has 2 N–H and O–H groups in total. The molecule has 0 aliphatic heterocycles. The lowest BCUT2D eigenvalue weighted by atomic mass is 9.69. The van der Waals surface area contributed by atoms with Crippen LogP contribution in [0.15, 0.2) is 18.3 Å². The highest BCUT2D eigenvalue weighted by atomic mass is 16.2. The third-order valence-electron chi connectivity index (χ3n) is 7.00. The minimum atomic E-state index is -0.105. The van der Waals surface area contributed by atoms with Crippen LogP contribution in [0.4, 0.5) is 0 Å². The van der Waals surface area contributed by atoms with Gasteiger partial charge in [-0.15, -0.1) is 0 Å². The van der Waals surface area contributed by atoms with Crippen LogP contribution in [0.25, 0.3) is 11.0 Å². The number of pyridine rings is 1. The van der Waals surface area contributed by atoms with Gasteiger partial charge in [-0.1, -0.05) is 20.8 Å². The van der Waals surface area contributed by atoms with Gasteiger partial charge in [-0.3, -0.25) is 4.79 Å². The molecule has 2 saturated carbocycles. The van der Waals surface area contributed by atoms with Gasteiger partial charge >= 0.3 is 0 Å². The lowest BCUT2D eigenvalue weighted by Gasteiger charge is -2.39. The first kappa shape index (κ1) is 15.2. The van der Waals surface area contributed by atoms with Crippen molar-refractivity contribution in [3.05, 3.63) is 29.6 Å². The van der Waals surface area contributed by atoms with Gasteiger partial charge in [0.2, 0.25) is 0 Å². The first-order valence-electron chi connectivity index (χ1n) is 8.55. The van der Waals surface area contributed by atoms with Gasteiger partial charge in [0.05, 0.1) is 11.6 Å². The zero-order valence-electron chi connectivity index (χ0n) is 14.3. The summed E-state index contributed by atoms with van der Waals surface area (Å²) in [4.78, 5) is 20.0. The molecule has 0 radical (unpaired) electrons. The highest BCUT2D eigenvalue weighted by Gasteiger charge is 2.61. The second-order valence-corrected chi connectivity index (χ2v) is 8.05. The Bertz CT molecular complexity index is 875. The van der Waals surface area contributed by atoms with Crippen molar-refractivity contribution in [2.75, 3.05) is 0 Å². The van der Waals surface area contributed by atoms with Crippen molar-refractivity contribution in [3.63, 3.8) is 0 Å². The minimum Gasteiger partial charge on any atom is -0.347 e. The minimum absolute atomic E-state index is 0.105. The molecule has 1 amide bonds. The van der Waals surface area contributed by atoms with Crippen LogP contribution in [-0.2, 0) is 0 Å². The number of H-pyrrole nitrogens is 1. The SMILES string of the molecule is CC1(C)C2CCC1(C)C(NC(=O)c1cc3c(C#N)ccnc3[nH]1)C2. The highest BCUT2D eigenvalue weighted by molar-refractivity contribution is 5.98. The van der Waals surface area contributed by atoms with E-state index in [1.807, 2.05) is 0 Å². The monoisotopic (exact) mass is 322 g/mol. The lowest BCUT2D eigenvalue weighted by Crippen LogP contribution is -2.46. The average Bonchev–Trinajstić information content (AvgIpc) is 3.14. The fourth-order valence-electron chi connectivity index (χ4n) is 4.90. The number of aromatic nitrogens is 2. The summed E-state index contributed by atoms with van der Waals surface area (Å²) in [6, 6.07) is 5.74. The Hall–Kier alpha value is -2.35. The van der Waals surface area contributed by atoms with Gasteiger partial charge in [0.1, 0.15) is 11.3 Å². The number of hydrogen-bond donors (Lipinski definition) is 2. The van der Waals surface area contributed by atoms with Crippen LogP contribution in [0.3, 0.4) is 0 Å². The Balaban J connectivity index is 1.61. The Labute approximate surface area is 141 Å². The Morgan fingerprint density at radius 2 is 2.25 bits per heavy atom. The molecule has 24 heavy (non-hydrogen) atoms. The number of hydrogen-bond acceptors (Lipinski definition) is 3. The standard InChI is InChI=1S/C19H22N4O/c1-18(2)12-4-6-19(18,3)15(8-12)23-17(24)14-9-13-11(10-20)5-7-21-16(13)22-14/h5,7,9,12,15H,4,6,8H2,1-3H3,(H,21,22)(H,23,24). The quantitative estimate of drug-likeness (QED) is 0.889. The summed E-state index contributed by atoms with van der Waals surface area (Å²) < 4.78 is 0. The molecule has 2 aliphatic rings. The maximum absolute atomic E-state index is 12.7. The normalized spacial score (nSPS) is 30.4. The number of nitrogens with one attached hydrogen (secondary N) is 2. The smallest absolute Gasteiger partial charge is 0.268 e. The molecule has 2 aromatic heterocycles. The van der Waals surface area contributed by atoms with E-state index in [0.717, 1.165) is 6.42 Å². The maximum Gasteiger partial charge on any atom is 0.268 e. The zero-order valence-corrected chi connectivity index (χ0v) is 14.3. The summed E-state index contributed by atoms with van der Waals surface area (Å²) in [6.07, 6.45) is 5.07. The van der Waals surface area contributed by atoms with E-state index in [1.165, 1.54) is 12.8 Å². The number of fused-ring (bicyclic) bond motifs is 3. The summed E-state index contributed by atoms with van der Waals surface area (Å²) in [5, 5.41) is 13.1. The number of amides is 1. The summed E-state index contributed by atoms with van der Waals surface area (Å²) >= 11 is 0. The number of nitriles is 1. The molecular formula is C19H22N4O. The van der Waals surface area contributed by atoms with Gasteiger partial charge in [-0.05, 0) is 48.1 Å². The molecule has 2 heterocycles. The second kappa shape index (κ2) is 4.83. The van der Waals surface area contributed by atoms with E-state index in [9.17, 15) is 10.1 Å². The Morgan fingerprint density at radius 3 is 2.88 bits per heavy atom. The molecule has 5 heteroatoms. The first-order chi connectivity index (χ1) is 11.4. The van der Waals surface area contributed by atoms with E-state index in [4.69, 9.17) is 0 Å². The van der Waals surface area contributed by atoms with E-state index in [0.29, 0.717) is 28.2 Å². The van der Waals surface area contributed by atoms with E-state index in [-0.39, 0.29) is 22.8 Å². The summed E-state index contributed by atoms with van der Waals surface area (Å²) in [5.41, 5.74) is 2.00. The Morgan fingerprint density at radius 1 is 1.46 bits per heavy atom.